The number of benzene rings is 3. The van der Waals surface area contributed by atoms with Crippen LogP contribution >= 0.6 is 0 Å². The normalized spacial score (nSPS) is 24.0. The van der Waals surface area contributed by atoms with Crippen LogP contribution in [0.15, 0.2) is 94.8 Å². The number of carbonyl (C=O) groups is 3. The monoisotopic (exact) mass is 928 g/mol. The molecule has 68 heavy (non-hydrogen) atoms. The molecule has 0 spiro atoms. The van der Waals surface area contributed by atoms with Gasteiger partial charge < -0.3 is 19.7 Å². The molecule has 4 amide bonds. The number of likely N-dealkylation sites (tertiary alicyclic amines) is 1. The number of nitrogens with zero attached hydrogens (tertiary/aromatic N) is 4. The van der Waals surface area contributed by atoms with Crippen molar-refractivity contribution < 1.29 is 28.2 Å². The fourth-order valence-electron chi connectivity index (χ4n) is 11.3. The lowest BCUT2D eigenvalue weighted by Gasteiger charge is -2.35. The number of imide groups is 1. The summed E-state index contributed by atoms with van der Waals surface area (Å²) < 4.78 is 27.3. The molecule has 3 heterocycles. The first-order chi connectivity index (χ1) is 32.7. The highest BCUT2D eigenvalue weighted by Crippen LogP contribution is 2.42. The summed E-state index contributed by atoms with van der Waals surface area (Å²) in [5.41, 5.74) is 8.89. The van der Waals surface area contributed by atoms with Crippen LogP contribution in [0, 0.1) is 24.7 Å². The molecule has 5 aliphatic rings. The van der Waals surface area contributed by atoms with Gasteiger partial charge in [-0.1, -0.05) is 87.9 Å². The quantitative estimate of drug-likeness (QED) is 0.181. The molecule has 10 nitrogen and oxygen atoms in total. The number of aryl methyl sites for hydroxylation is 1. The van der Waals surface area contributed by atoms with Crippen LogP contribution in [0.2, 0.25) is 0 Å². The summed E-state index contributed by atoms with van der Waals surface area (Å²) in [7, 11) is 1.62. The Morgan fingerprint density at radius 3 is 2.32 bits per heavy atom. The Kier molecular flexibility index (Phi) is 15.8. The van der Waals surface area contributed by atoms with Crippen molar-refractivity contribution in [2.24, 2.45) is 22.7 Å². The zero-order valence-electron chi connectivity index (χ0n) is 41.5. The number of alkyl halides is 1. The number of hydrogen-bond acceptors (Lipinski definition) is 7. The molecule has 1 N–H and O–H groups in total. The molecule has 4 fully saturated rings. The molecule has 0 aromatic heterocycles. The predicted molar refractivity (Wildman–Crippen MR) is 270 cm³/mol. The minimum Gasteiger partial charge on any atom is -0.497 e. The van der Waals surface area contributed by atoms with E-state index in [4.69, 9.17) is 14.5 Å². The molecule has 364 valence electrons. The van der Waals surface area contributed by atoms with Crippen molar-refractivity contribution in [2.45, 2.75) is 155 Å². The van der Waals surface area contributed by atoms with Crippen molar-refractivity contribution >= 4 is 35.1 Å². The Balaban J connectivity index is 0.816. The van der Waals surface area contributed by atoms with E-state index in [-0.39, 0.29) is 30.5 Å². The van der Waals surface area contributed by atoms with E-state index in [1.807, 2.05) is 45.0 Å². The van der Waals surface area contributed by atoms with Gasteiger partial charge in [-0.25, -0.2) is 19.0 Å². The average Bonchev–Trinajstić information content (AvgIpc) is 3.73. The topological polar surface area (TPSA) is 104 Å². The largest absolute Gasteiger partial charge is 0.497 e. The van der Waals surface area contributed by atoms with Crippen molar-refractivity contribution in [1.82, 2.24) is 9.80 Å². The third-order valence-corrected chi connectivity index (χ3v) is 15.1. The van der Waals surface area contributed by atoms with Gasteiger partial charge in [-0.2, -0.15) is 0 Å². The molecule has 2 aliphatic carbocycles. The van der Waals surface area contributed by atoms with Gasteiger partial charge in [-0.3, -0.25) is 14.6 Å². The van der Waals surface area contributed by atoms with Crippen LogP contribution in [0.1, 0.15) is 146 Å². The second-order valence-corrected chi connectivity index (χ2v) is 21.2. The van der Waals surface area contributed by atoms with E-state index in [0.717, 1.165) is 96.7 Å². The van der Waals surface area contributed by atoms with Crippen LogP contribution in [-0.2, 0) is 22.5 Å². The average molecular weight is 928 g/mol. The van der Waals surface area contributed by atoms with E-state index in [1.165, 1.54) is 53.7 Å². The van der Waals surface area contributed by atoms with Crippen molar-refractivity contribution in [3.05, 3.63) is 112 Å². The third kappa shape index (κ3) is 12.2. The van der Waals surface area contributed by atoms with Gasteiger partial charge in [0.2, 0.25) is 5.91 Å². The number of fused-ring (bicyclic) bond motifs is 1. The van der Waals surface area contributed by atoms with Crippen LogP contribution in [0.4, 0.5) is 25.4 Å². The van der Waals surface area contributed by atoms with Crippen molar-refractivity contribution in [3.8, 4) is 5.75 Å². The zero-order chi connectivity index (χ0) is 48.0. The van der Waals surface area contributed by atoms with Crippen molar-refractivity contribution in [3.63, 3.8) is 0 Å². The lowest BCUT2D eigenvalue weighted by Crippen LogP contribution is -2.52. The first-order valence-electron chi connectivity index (χ1n) is 25.6. The maximum atomic E-state index is 16.4. The molecule has 0 radical (unpaired) electrons. The summed E-state index contributed by atoms with van der Waals surface area (Å²) in [4.78, 5) is 49.5. The van der Waals surface area contributed by atoms with Gasteiger partial charge in [-0.15, -0.1) is 0 Å². The van der Waals surface area contributed by atoms with E-state index in [0.29, 0.717) is 50.2 Å². The minimum atomic E-state index is -0.852. The Labute approximate surface area is 404 Å². The predicted octanol–water partition coefficient (Wildman–Crippen LogP) is 13.2. The number of hydrogen-bond donors (Lipinski definition) is 1. The van der Waals surface area contributed by atoms with Crippen LogP contribution in [0.5, 0.6) is 5.75 Å². The van der Waals surface area contributed by atoms with E-state index in [2.05, 4.69) is 67.7 Å². The highest BCUT2D eigenvalue weighted by molar-refractivity contribution is 6.06. The number of amides is 4. The standard InChI is InChI=1S/C57H74FN5O5/c1-7-44-19-20-46-28-30-61(56(66)68-57(3,4)5)37-51(46)60-54(44)59-47-23-21-45(22-24-47)49-13-9-12-42(35-50(49)58)33-39-10-8-11-40(15-14-39)34-43-18-27-52(38(2)32-43)62-31-29-53(64)63(55(62)65)36-41-16-25-48(67-6)26-17-41/h16-18,20-27,32,39-40,42,49-50,59H,7-15,19,28-31,33-37H2,1-6H3. The van der Waals surface area contributed by atoms with Gasteiger partial charge in [-0.05, 0) is 161 Å². The number of halogens is 1. The summed E-state index contributed by atoms with van der Waals surface area (Å²) in [6.45, 7) is 11.6. The molecule has 3 aromatic rings. The van der Waals surface area contributed by atoms with Gasteiger partial charge in [0.1, 0.15) is 23.3 Å². The number of anilines is 2. The van der Waals surface area contributed by atoms with Gasteiger partial charge in [0, 0.05) is 36.8 Å². The van der Waals surface area contributed by atoms with E-state index >= 15 is 4.39 Å². The fraction of sp³-hybridized carbons (Fsp3) is 0.544. The van der Waals surface area contributed by atoms with Crippen LogP contribution in [0.25, 0.3) is 0 Å². The number of methoxy groups -OCH3 is 1. The van der Waals surface area contributed by atoms with Gasteiger partial charge >= 0.3 is 12.1 Å². The summed E-state index contributed by atoms with van der Waals surface area (Å²) in [6.07, 6.45) is 15.7. The van der Waals surface area contributed by atoms with Crippen LogP contribution < -0.4 is 15.0 Å². The number of nitrogens with one attached hydrogen (secondary N) is 1. The van der Waals surface area contributed by atoms with Gasteiger partial charge in [0.25, 0.3) is 0 Å². The number of piperidine rings is 1. The second-order valence-electron chi connectivity index (χ2n) is 21.2. The molecular formula is C57H74FN5O5. The van der Waals surface area contributed by atoms with Crippen LogP contribution in [-0.4, -0.2) is 72.1 Å². The van der Waals surface area contributed by atoms with E-state index in [1.54, 1.807) is 16.9 Å². The van der Waals surface area contributed by atoms with E-state index < -0.39 is 11.8 Å². The SMILES string of the molecule is CCC1=C(Nc2ccc(C3CCCC(CC4CCCC(Cc5ccc(N6CCC(=O)N(Cc7ccc(OC)cc7)C6=O)c(C)c5)CC4)CC3F)cc2)N=C2CN(C(=O)OC(C)(C)C)CCC2=CC1. The number of rotatable bonds is 12. The van der Waals surface area contributed by atoms with Crippen LogP contribution in [0.3, 0.4) is 0 Å². The minimum absolute atomic E-state index is 0.0902. The Hall–Kier alpha value is -5.45. The first-order valence-corrected chi connectivity index (χ1v) is 25.6. The summed E-state index contributed by atoms with van der Waals surface area (Å²) in [5, 5.41) is 3.60. The van der Waals surface area contributed by atoms with Gasteiger partial charge in [0.15, 0.2) is 0 Å². The summed E-state index contributed by atoms with van der Waals surface area (Å²) in [6, 6.07) is 22.1. The Morgan fingerprint density at radius 2 is 1.59 bits per heavy atom. The molecule has 3 aromatic carbocycles. The van der Waals surface area contributed by atoms with Gasteiger partial charge in [0.05, 0.1) is 25.9 Å². The highest BCUT2D eigenvalue weighted by Gasteiger charge is 2.35. The lowest BCUT2D eigenvalue weighted by molar-refractivity contribution is -0.129. The number of carbonyl (C=O) groups excluding carboxylic acids is 3. The molecule has 0 bridgehead atoms. The maximum Gasteiger partial charge on any atom is 0.410 e. The summed E-state index contributed by atoms with van der Waals surface area (Å²) >= 11 is 0. The summed E-state index contributed by atoms with van der Waals surface area (Å²) in [5.74, 6) is 3.01. The number of aliphatic imine (C=N–C) groups is 1. The maximum absolute atomic E-state index is 16.4. The first kappa shape index (κ1) is 49.0. The number of allylic oxidation sites excluding steroid dienone is 2. The van der Waals surface area contributed by atoms with E-state index in [9.17, 15) is 14.4 Å². The van der Waals surface area contributed by atoms with Crippen molar-refractivity contribution in [2.75, 3.05) is 37.0 Å². The molecule has 2 saturated heterocycles. The lowest BCUT2D eigenvalue weighted by atomic mass is 9.83. The number of urea groups is 1. The third-order valence-electron chi connectivity index (χ3n) is 15.1. The zero-order valence-corrected chi connectivity index (χ0v) is 41.5. The molecule has 11 heteroatoms. The highest BCUT2D eigenvalue weighted by atomic mass is 19.1. The molecule has 5 atom stereocenters. The fourth-order valence-corrected chi connectivity index (χ4v) is 11.3. The van der Waals surface area contributed by atoms with Crippen molar-refractivity contribution in [1.29, 1.82) is 0 Å². The Morgan fingerprint density at radius 1 is 0.868 bits per heavy atom. The smallest absolute Gasteiger partial charge is 0.410 e. The molecule has 3 aliphatic heterocycles. The molecule has 5 unspecified atom stereocenters. The number of ether oxygens (including phenoxy) is 2. The molecule has 2 saturated carbocycles. The Bertz CT molecular complexity index is 2370. The second kappa shape index (κ2) is 21.9. The molecular weight excluding hydrogens is 854 g/mol. The molecule has 8 rings (SSSR count).